The number of amides is 1. The fourth-order valence-electron chi connectivity index (χ4n) is 3.86. The Hall–Kier alpha value is -1.88. The second-order valence-corrected chi connectivity index (χ2v) is 7.50. The van der Waals surface area contributed by atoms with Crippen LogP contribution in [0.3, 0.4) is 0 Å². The van der Waals surface area contributed by atoms with Crippen LogP contribution in [0.25, 0.3) is 5.65 Å². The fraction of sp³-hybridized carbons (Fsp3) is 0.619. The third kappa shape index (κ3) is 4.44. The molecule has 0 aliphatic heterocycles. The molecule has 2 unspecified atom stereocenters. The van der Waals surface area contributed by atoms with Gasteiger partial charge in [0.1, 0.15) is 5.65 Å². The zero-order valence-corrected chi connectivity index (χ0v) is 16.3. The molecular formula is C21H31N3O2. The molecule has 1 fully saturated rings. The molecule has 0 aromatic carbocycles. The van der Waals surface area contributed by atoms with Crippen molar-refractivity contribution in [1.29, 1.82) is 0 Å². The van der Waals surface area contributed by atoms with Gasteiger partial charge in [0.2, 0.25) is 0 Å². The number of nitrogens with zero attached hydrogens (tertiary/aromatic N) is 2. The predicted octanol–water partition coefficient (Wildman–Crippen LogP) is 4.20. The van der Waals surface area contributed by atoms with Gasteiger partial charge in [-0.2, -0.15) is 0 Å². The summed E-state index contributed by atoms with van der Waals surface area (Å²) < 4.78 is 8.00. The number of aromatic nitrogens is 2. The van der Waals surface area contributed by atoms with E-state index in [1.165, 1.54) is 12.8 Å². The molecule has 0 bridgehead atoms. The van der Waals surface area contributed by atoms with E-state index in [0.29, 0.717) is 5.56 Å². The maximum Gasteiger partial charge on any atom is 0.255 e. The second-order valence-electron chi connectivity index (χ2n) is 7.50. The van der Waals surface area contributed by atoms with E-state index >= 15 is 0 Å². The Morgan fingerprint density at radius 2 is 2.19 bits per heavy atom. The Morgan fingerprint density at radius 1 is 1.35 bits per heavy atom. The normalized spacial score (nSPS) is 20.4. The second kappa shape index (κ2) is 8.67. The van der Waals surface area contributed by atoms with Crippen molar-refractivity contribution in [3.63, 3.8) is 0 Å². The van der Waals surface area contributed by atoms with Crippen LogP contribution in [0.15, 0.2) is 18.3 Å². The molecule has 1 aliphatic rings. The van der Waals surface area contributed by atoms with Crippen LogP contribution in [0, 0.1) is 13.8 Å². The first-order valence-electron chi connectivity index (χ1n) is 9.96. The van der Waals surface area contributed by atoms with Gasteiger partial charge < -0.3 is 14.5 Å². The Balaban J connectivity index is 1.61. The number of ether oxygens (including phenoxy) is 1. The molecule has 1 aliphatic carbocycles. The van der Waals surface area contributed by atoms with Gasteiger partial charge in [-0.05, 0) is 58.1 Å². The van der Waals surface area contributed by atoms with Crippen LogP contribution >= 0.6 is 0 Å². The van der Waals surface area contributed by atoms with Gasteiger partial charge in [0.15, 0.2) is 0 Å². The number of hydrogen-bond acceptors (Lipinski definition) is 3. The summed E-state index contributed by atoms with van der Waals surface area (Å²) in [6.45, 7) is 7.04. The van der Waals surface area contributed by atoms with E-state index in [-0.39, 0.29) is 18.1 Å². The summed E-state index contributed by atoms with van der Waals surface area (Å²) in [6, 6.07) is 4.08. The van der Waals surface area contributed by atoms with Crippen LogP contribution < -0.4 is 5.32 Å². The van der Waals surface area contributed by atoms with Crippen LogP contribution in [0.5, 0.6) is 0 Å². The van der Waals surface area contributed by atoms with E-state index in [1.54, 1.807) is 0 Å². The highest BCUT2D eigenvalue weighted by molar-refractivity contribution is 6.00. The smallest absolute Gasteiger partial charge is 0.255 e. The Kier molecular flexibility index (Phi) is 6.30. The molecule has 5 heteroatoms. The maximum absolute atomic E-state index is 12.8. The lowest BCUT2D eigenvalue weighted by Gasteiger charge is -2.29. The highest BCUT2D eigenvalue weighted by atomic mass is 16.5. The standard InChI is InChI=1S/C21H31N3O2/c1-4-5-6-12-26-18-9-7-8-17(14-18)23-21(25)19-10-11-24-16(3)13-15(2)22-20(19)24/h10-11,13,17-18H,4-9,12,14H2,1-3H3,(H,23,25). The number of aryl methyl sites for hydroxylation is 2. The van der Waals surface area contributed by atoms with Crippen molar-refractivity contribution in [2.24, 2.45) is 0 Å². The summed E-state index contributed by atoms with van der Waals surface area (Å²) >= 11 is 0. The number of unbranched alkanes of at least 4 members (excludes halogenated alkanes) is 2. The molecule has 142 valence electrons. The first kappa shape index (κ1) is 18.9. The average molecular weight is 357 g/mol. The van der Waals surface area contributed by atoms with Crippen molar-refractivity contribution in [2.45, 2.75) is 77.9 Å². The molecule has 1 N–H and O–H groups in total. The summed E-state index contributed by atoms with van der Waals surface area (Å²) in [6.07, 6.45) is 9.92. The number of fused-ring (bicyclic) bond motifs is 1. The van der Waals surface area contributed by atoms with Gasteiger partial charge in [-0.3, -0.25) is 4.79 Å². The van der Waals surface area contributed by atoms with Gasteiger partial charge in [0.05, 0.1) is 11.7 Å². The topological polar surface area (TPSA) is 55.6 Å². The third-order valence-corrected chi connectivity index (χ3v) is 5.25. The van der Waals surface area contributed by atoms with Crippen LogP contribution in [-0.4, -0.2) is 34.0 Å². The highest BCUT2D eigenvalue weighted by Gasteiger charge is 2.25. The van der Waals surface area contributed by atoms with Crippen LogP contribution in [0.1, 0.15) is 73.6 Å². The van der Waals surface area contributed by atoms with Crippen LogP contribution in [0.2, 0.25) is 0 Å². The molecule has 2 aromatic heterocycles. The Morgan fingerprint density at radius 3 is 3.00 bits per heavy atom. The van der Waals surface area contributed by atoms with Crippen molar-refractivity contribution in [3.05, 3.63) is 35.3 Å². The van der Waals surface area contributed by atoms with E-state index in [4.69, 9.17) is 4.74 Å². The zero-order chi connectivity index (χ0) is 18.5. The molecule has 26 heavy (non-hydrogen) atoms. The van der Waals surface area contributed by atoms with Gasteiger partial charge in [-0.15, -0.1) is 0 Å². The summed E-state index contributed by atoms with van der Waals surface area (Å²) in [5.41, 5.74) is 3.41. The van der Waals surface area contributed by atoms with Crippen LogP contribution in [0.4, 0.5) is 0 Å². The molecule has 2 aromatic rings. The summed E-state index contributed by atoms with van der Waals surface area (Å²) in [5.74, 6) is -0.0263. The molecule has 3 rings (SSSR count). The monoisotopic (exact) mass is 357 g/mol. The molecule has 2 atom stereocenters. The Labute approximate surface area is 156 Å². The van der Waals surface area contributed by atoms with Crippen molar-refractivity contribution in [3.8, 4) is 0 Å². The predicted molar refractivity (Wildman–Crippen MR) is 104 cm³/mol. The lowest BCUT2D eigenvalue weighted by molar-refractivity contribution is 0.0178. The number of nitrogens with one attached hydrogen (secondary N) is 1. The van der Waals surface area contributed by atoms with Crippen molar-refractivity contribution < 1.29 is 9.53 Å². The fourth-order valence-corrected chi connectivity index (χ4v) is 3.86. The van der Waals surface area contributed by atoms with Gasteiger partial charge in [-0.25, -0.2) is 4.98 Å². The number of carbonyl (C=O) groups is 1. The number of hydrogen-bond donors (Lipinski definition) is 1. The first-order valence-corrected chi connectivity index (χ1v) is 9.96. The van der Waals surface area contributed by atoms with E-state index in [9.17, 15) is 4.79 Å². The molecule has 5 nitrogen and oxygen atoms in total. The molecule has 1 saturated carbocycles. The van der Waals surface area contributed by atoms with Crippen molar-refractivity contribution >= 4 is 11.6 Å². The molecule has 0 spiro atoms. The van der Waals surface area contributed by atoms with Gasteiger partial charge in [0.25, 0.3) is 5.91 Å². The highest BCUT2D eigenvalue weighted by Crippen LogP contribution is 2.22. The quantitative estimate of drug-likeness (QED) is 0.756. The molecule has 0 radical (unpaired) electrons. The zero-order valence-electron chi connectivity index (χ0n) is 16.3. The Bertz CT molecular complexity index is 753. The van der Waals surface area contributed by atoms with Gasteiger partial charge in [-0.1, -0.05) is 19.8 Å². The molecule has 1 amide bonds. The summed E-state index contributed by atoms with van der Waals surface area (Å²) in [4.78, 5) is 17.4. The average Bonchev–Trinajstić information content (AvgIpc) is 3.03. The van der Waals surface area contributed by atoms with E-state index in [1.807, 2.05) is 36.6 Å². The first-order chi connectivity index (χ1) is 12.6. The van der Waals surface area contributed by atoms with Crippen molar-refractivity contribution in [1.82, 2.24) is 14.7 Å². The van der Waals surface area contributed by atoms with Crippen LogP contribution in [-0.2, 0) is 4.74 Å². The number of rotatable bonds is 7. The van der Waals surface area contributed by atoms with E-state index in [2.05, 4.69) is 17.2 Å². The minimum Gasteiger partial charge on any atom is -0.378 e. The largest absolute Gasteiger partial charge is 0.378 e. The number of carbonyl (C=O) groups excluding carboxylic acids is 1. The molecule has 0 saturated heterocycles. The SMILES string of the molecule is CCCCCOC1CCCC(NC(=O)c2ccn3c(C)cc(C)nc23)C1. The summed E-state index contributed by atoms with van der Waals surface area (Å²) in [7, 11) is 0. The van der Waals surface area contributed by atoms with Gasteiger partial charge in [0, 0.05) is 30.2 Å². The molecular weight excluding hydrogens is 326 g/mol. The third-order valence-electron chi connectivity index (χ3n) is 5.25. The maximum atomic E-state index is 12.8. The minimum atomic E-state index is -0.0263. The van der Waals surface area contributed by atoms with Crippen molar-refractivity contribution in [2.75, 3.05) is 6.61 Å². The lowest BCUT2D eigenvalue weighted by Crippen LogP contribution is -2.40. The lowest BCUT2D eigenvalue weighted by atomic mass is 9.92. The van der Waals surface area contributed by atoms with E-state index in [0.717, 1.165) is 55.7 Å². The molecule has 2 heterocycles. The summed E-state index contributed by atoms with van der Waals surface area (Å²) in [5, 5.41) is 3.21. The minimum absolute atomic E-state index is 0.0263. The van der Waals surface area contributed by atoms with Gasteiger partial charge >= 0.3 is 0 Å². The van der Waals surface area contributed by atoms with E-state index < -0.39 is 0 Å².